The van der Waals surface area contributed by atoms with Gasteiger partial charge in [-0.1, -0.05) is 19.1 Å². The van der Waals surface area contributed by atoms with Gasteiger partial charge < -0.3 is 0 Å². The van der Waals surface area contributed by atoms with Gasteiger partial charge in [0.25, 0.3) is 0 Å². The number of aryl methyl sites for hydroxylation is 1. The highest BCUT2D eigenvalue weighted by Gasteiger charge is 2.13. The molecule has 0 aliphatic heterocycles. The van der Waals surface area contributed by atoms with Gasteiger partial charge in [0.2, 0.25) is 0 Å². The average Bonchev–Trinajstić information content (AvgIpc) is 3.04. The third-order valence-corrected chi connectivity index (χ3v) is 5.24. The molecule has 0 saturated heterocycles. The minimum atomic E-state index is 0.116. The van der Waals surface area contributed by atoms with Gasteiger partial charge in [0.05, 0.1) is 10.2 Å². The van der Waals surface area contributed by atoms with Crippen LogP contribution in [0.5, 0.6) is 0 Å². The fraction of sp³-hybridized carbons (Fsp3) is 0.200. The molecule has 2 aromatic heterocycles. The largest absolute Gasteiger partial charge is 0.291 e. The monoisotopic (exact) mass is 287 g/mol. The molecule has 0 radical (unpaired) electrons. The molecule has 0 aliphatic carbocycles. The highest BCUT2D eigenvalue weighted by Crippen LogP contribution is 2.24. The summed E-state index contributed by atoms with van der Waals surface area (Å²) in [6.07, 6.45) is 1.49. The smallest absolute Gasteiger partial charge is 0.196 e. The number of carbonyl (C=O) groups excluding carboxylic acids is 1. The lowest BCUT2D eigenvalue weighted by atomic mass is 10.2. The van der Waals surface area contributed by atoms with Gasteiger partial charge >= 0.3 is 0 Å². The second-order valence-electron chi connectivity index (χ2n) is 4.31. The van der Waals surface area contributed by atoms with Gasteiger partial charge in [-0.15, -0.1) is 22.7 Å². The summed E-state index contributed by atoms with van der Waals surface area (Å²) in [4.78, 5) is 19.1. The average molecular weight is 287 g/mol. The van der Waals surface area contributed by atoms with Crippen LogP contribution < -0.4 is 0 Å². The van der Waals surface area contributed by atoms with Crippen molar-refractivity contribution in [3.8, 4) is 0 Å². The fourth-order valence-corrected chi connectivity index (χ4v) is 3.79. The molecule has 3 rings (SSSR count). The van der Waals surface area contributed by atoms with Crippen molar-refractivity contribution in [2.24, 2.45) is 0 Å². The predicted molar refractivity (Wildman–Crippen MR) is 81.4 cm³/mol. The summed E-state index contributed by atoms with van der Waals surface area (Å²) in [6, 6.07) is 12.0. The number of para-hydroxylation sites is 1. The van der Waals surface area contributed by atoms with Crippen LogP contribution in [-0.4, -0.2) is 10.8 Å². The van der Waals surface area contributed by atoms with Gasteiger partial charge in [0.15, 0.2) is 10.8 Å². The van der Waals surface area contributed by atoms with E-state index in [1.807, 2.05) is 24.3 Å². The number of hydrogen-bond donors (Lipinski definition) is 0. The van der Waals surface area contributed by atoms with E-state index < -0.39 is 0 Å². The number of benzene rings is 1. The van der Waals surface area contributed by atoms with Crippen molar-refractivity contribution in [3.05, 3.63) is 51.2 Å². The molecule has 0 bridgehead atoms. The topological polar surface area (TPSA) is 30.0 Å². The van der Waals surface area contributed by atoms with Crippen LogP contribution in [0.25, 0.3) is 10.2 Å². The first-order valence-electron chi connectivity index (χ1n) is 6.22. The molecule has 0 amide bonds. The van der Waals surface area contributed by atoms with Gasteiger partial charge in [-0.2, -0.15) is 0 Å². The van der Waals surface area contributed by atoms with Crippen molar-refractivity contribution in [1.29, 1.82) is 0 Å². The molecular formula is C15H13NOS2. The molecule has 0 atom stereocenters. The van der Waals surface area contributed by atoms with Crippen LogP contribution in [0.15, 0.2) is 36.4 Å². The van der Waals surface area contributed by atoms with E-state index in [0.29, 0.717) is 11.4 Å². The van der Waals surface area contributed by atoms with Crippen molar-refractivity contribution in [3.63, 3.8) is 0 Å². The zero-order valence-electron chi connectivity index (χ0n) is 10.6. The molecule has 2 nitrogen and oxygen atoms in total. The van der Waals surface area contributed by atoms with Crippen LogP contribution in [0.2, 0.25) is 0 Å². The summed E-state index contributed by atoms with van der Waals surface area (Å²) < 4.78 is 1.08. The SMILES string of the molecule is CCc1ccc(CC(=O)c2nc3ccccc3s2)s1. The molecular weight excluding hydrogens is 274 g/mol. The molecule has 4 heteroatoms. The Balaban J connectivity index is 1.83. The number of thiazole rings is 1. The third kappa shape index (κ3) is 2.60. The molecule has 0 unspecified atom stereocenters. The molecule has 96 valence electrons. The number of hydrogen-bond acceptors (Lipinski definition) is 4. The molecule has 0 N–H and O–H groups in total. The number of ketones is 1. The minimum absolute atomic E-state index is 0.116. The zero-order chi connectivity index (χ0) is 13.2. The van der Waals surface area contributed by atoms with E-state index in [2.05, 4.69) is 24.0 Å². The number of fused-ring (bicyclic) bond motifs is 1. The predicted octanol–water partition coefficient (Wildman–Crippen LogP) is 4.35. The number of aromatic nitrogens is 1. The zero-order valence-corrected chi connectivity index (χ0v) is 12.2. The maximum atomic E-state index is 12.2. The Morgan fingerprint density at radius 1 is 1.11 bits per heavy atom. The lowest BCUT2D eigenvalue weighted by Gasteiger charge is -1.93. The summed E-state index contributed by atoms with van der Waals surface area (Å²) in [6.45, 7) is 2.13. The van der Waals surface area contributed by atoms with Gasteiger partial charge in [-0.3, -0.25) is 4.79 Å². The van der Waals surface area contributed by atoms with Crippen molar-refractivity contribution in [2.75, 3.05) is 0 Å². The number of thiophene rings is 1. The quantitative estimate of drug-likeness (QED) is 0.668. The van der Waals surface area contributed by atoms with E-state index >= 15 is 0 Å². The Bertz CT molecular complexity index is 693. The van der Waals surface area contributed by atoms with Crippen LogP contribution in [0.3, 0.4) is 0 Å². The fourth-order valence-electron chi connectivity index (χ4n) is 1.93. The summed E-state index contributed by atoms with van der Waals surface area (Å²) in [5.74, 6) is 0.116. The summed E-state index contributed by atoms with van der Waals surface area (Å²) in [5.41, 5.74) is 0.913. The Hall–Kier alpha value is -1.52. The van der Waals surface area contributed by atoms with E-state index in [4.69, 9.17) is 0 Å². The first kappa shape index (κ1) is 12.5. The standard InChI is InChI=1S/C15H13NOS2/c1-2-10-7-8-11(18-10)9-13(17)15-16-12-5-3-4-6-14(12)19-15/h3-8H,2,9H2,1H3. The maximum absolute atomic E-state index is 12.2. The van der Waals surface area contributed by atoms with E-state index in [9.17, 15) is 4.79 Å². The van der Waals surface area contributed by atoms with E-state index in [1.165, 1.54) is 16.2 Å². The number of nitrogens with zero attached hydrogens (tertiary/aromatic N) is 1. The molecule has 0 spiro atoms. The second-order valence-corrected chi connectivity index (χ2v) is 6.59. The molecule has 0 aliphatic rings. The molecule has 2 heterocycles. The summed E-state index contributed by atoms with van der Waals surface area (Å²) in [7, 11) is 0. The Labute approximate surface area is 119 Å². The van der Waals surface area contributed by atoms with Gasteiger partial charge in [-0.05, 0) is 30.7 Å². The molecule has 3 aromatic rings. The minimum Gasteiger partial charge on any atom is -0.291 e. The van der Waals surface area contributed by atoms with Crippen LogP contribution in [0.1, 0.15) is 26.5 Å². The number of rotatable bonds is 4. The van der Waals surface area contributed by atoms with Crippen molar-refractivity contribution < 1.29 is 4.79 Å². The van der Waals surface area contributed by atoms with Gasteiger partial charge in [0.1, 0.15) is 0 Å². The van der Waals surface area contributed by atoms with E-state index in [1.54, 1.807) is 11.3 Å². The van der Waals surface area contributed by atoms with Gasteiger partial charge in [-0.25, -0.2) is 4.98 Å². The van der Waals surface area contributed by atoms with Crippen LogP contribution in [0.4, 0.5) is 0 Å². The highest BCUT2D eigenvalue weighted by atomic mass is 32.1. The molecule has 0 saturated carbocycles. The maximum Gasteiger partial charge on any atom is 0.196 e. The van der Waals surface area contributed by atoms with Gasteiger partial charge in [0, 0.05) is 16.2 Å². The van der Waals surface area contributed by atoms with Crippen LogP contribution in [-0.2, 0) is 12.8 Å². The van der Waals surface area contributed by atoms with E-state index in [0.717, 1.165) is 21.5 Å². The molecule has 1 aromatic carbocycles. The first-order valence-corrected chi connectivity index (χ1v) is 7.86. The van der Waals surface area contributed by atoms with E-state index in [-0.39, 0.29) is 5.78 Å². The van der Waals surface area contributed by atoms with Crippen molar-refractivity contribution in [2.45, 2.75) is 19.8 Å². The Morgan fingerprint density at radius 3 is 2.63 bits per heavy atom. The number of carbonyl (C=O) groups is 1. The third-order valence-electron chi connectivity index (χ3n) is 2.93. The number of Topliss-reactive ketones (excluding diaryl/α,β-unsaturated/α-hetero) is 1. The van der Waals surface area contributed by atoms with Crippen LogP contribution >= 0.6 is 22.7 Å². The van der Waals surface area contributed by atoms with Crippen molar-refractivity contribution in [1.82, 2.24) is 4.98 Å². The van der Waals surface area contributed by atoms with Crippen LogP contribution in [0, 0.1) is 0 Å². The summed E-state index contributed by atoms with van der Waals surface area (Å²) >= 11 is 3.20. The lowest BCUT2D eigenvalue weighted by molar-refractivity contribution is 0.0993. The first-order chi connectivity index (χ1) is 9.26. The molecule has 0 fully saturated rings. The lowest BCUT2D eigenvalue weighted by Crippen LogP contribution is -2.01. The highest BCUT2D eigenvalue weighted by molar-refractivity contribution is 7.20. The summed E-state index contributed by atoms with van der Waals surface area (Å²) in [5, 5.41) is 0.618. The normalized spacial score (nSPS) is 11.0. The van der Waals surface area contributed by atoms with Crippen molar-refractivity contribution >= 4 is 38.7 Å². The molecule has 19 heavy (non-hydrogen) atoms. The Kier molecular flexibility index (Phi) is 3.44. The second kappa shape index (κ2) is 5.23. The Morgan fingerprint density at radius 2 is 1.89 bits per heavy atom.